The van der Waals surface area contributed by atoms with E-state index in [0.29, 0.717) is 5.82 Å². The van der Waals surface area contributed by atoms with Crippen LogP contribution in [0.1, 0.15) is 16.7 Å². The van der Waals surface area contributed by atoms with Crippen molar-refractivity contribution in [2.24, 2.45) is 10.2 Å². The number of aromatic nitrogens is 2. The number of azo groups is 1. The van der Waals surface area contributed by atoms with Crippen LogP contribution in [0.2, 0.25) is 0 Å². The molecule has 0 saturated heterocycles. The lowest BCUT2D eigenvalue weighted by Gasteiger charge is -2.01. The Labute approximate surface area is 117 Å². The van der Waals surface area contributed by atoms with Gasteiger partial charge in [0.15, 0.2) is 0 Å². The summed E-state index contributed by atoms with van der Waals surface area (Å²) in [5.41, 5.74) is 5.32. The molecule has 4 nitrogen and oxygen atoms in total. The van der Waals surface area contributed by atoms with Gasteiger partial charge in [0.25, 0.3) is 0 Å². The predicted molar refractivity (Wildman–Crippen MR) is 80.9 cm³/mol. The Morgan fingerprint density at radius 2 is 1.50 bits per heavy atom. The Morgan fingerprint density at radius 3 is 2.25 bits per heavy atom. The summed E-state index contributed by atoms with van der Waals surface area (Å²) in [6.45, 7) is 6.12. The topological polar surface area (TPSA) is 53.4 Å². The highest BCUT2D eigenvalue weighted by molar-refractivity contribution is 5.90. The average Bonchev–Trinajstić information content (AvgIpc) is 2.83. The zero-order valence-corrected chi connectivity index (χ0v) is 11.8. The average molecular weight is 264 g/mol. The van der Waals surface area contributed by atoms with Crippen LogP contribution in [0.4, 0.5) is 11.5 Å². The molecule has 3 aromatic rings. The van der Waals surface area contributed by atoms with Crippen LogP contribution in [0.15, 0.2) is 46.6 Å². The van der Waals surface area contributed by atoms with Crippen molar-refractivity contribution in [3.8, 4) is 0 Å². The SMILES string of the molecule is Cc1cccc(C)c1N=Nc1n[nH]c2c(C)cccc12. The summed E-state index contributed by atoms with van der Waals surface area (Å²) in [6, 6.07) is 12.2. The van der Waals surface area contributed by atoms with Gasteiger partial charge in [-0.2, -0.15) is 5.10 Å². The third-order valence-corrected chi connectivity index (χ3v) is 3.47. The monoisotopic (exact) mass is 264 g/mol. The predicted octanol–water partition coefficient (Wildman–Crippen LogP) is 4.90. The van der Waals surface area contributed by atoms with Crippen LogP contribution in [0.25, 0.3) is 10.9 Å². The fraction of sp³-hybridized carbons (Fsp3) is 0.188. The van der Waals surface area contributed by atoms with Gasteiger partial charge in [-0.15, -0.1) is 10.2 Å². The van der Waals surface area contributed by atoms with Crippen molar-refractivity contribution >= 4 is 22.4 Å². The normalized spacial score (nSPS) is 11.6. The number of aromatic amines is 1. The van der Waals surface area contributed by atoms with Gasteiger partial charge in [0.05, 0.1) is 11.2 Å². The number of rotatable bonds is 2. The van der Waals surface area contributed by atoms with E-state index in [-0.39, 0.29) is 0 Å². The van der Waals surface area contributed by atoms with E-state index in [9.17, 15) is 0 Å². The summed E-state index contributed by atoms with van der Waals surface area (Å²) in [6.07, 6.45) is 0. The maximum atomic E-state index is 4.37. The first-order valence-corrected chi connectivity index (χ1v) is 6.58. The number of nitrogens with zero attached hydrogens (tertiary/aromatic N) is 3. The third-order valence-electron chi connectivity index (χ3n) is 3.47. The van der Waals surface area contributed by atoms with Crippen LogP contribution < -0.4 is 0 Å². The molecule has 4 heteroatoms. The first-order chi connectivity index (χ1) is 9.66. The van der Waals surface area contributed by atoms with Gasteiger partial charge in [-0.3, -0.25) is 5.10 Å². The van der Waals surface area contributed by atoms with Crippen molar-refractivity contribution in [3.63, 3.8) is 0 Å². The quantitative estimate of drug-likeness (QED) is 0.657. The van der Waals surface area contributed by atoms with Crippen molar-refractivity contribution in [3.05, 3.63) is 53.1 Å². The second-order valence-electron chi connectivity index (χ2n) is 4.99. The lowest BCUT2D eigenvalue weighted by Crippen LogP contribution is -1.78. The summed E-state index contributed by atoms with van der Waals surface area (Å²) in [4.78, 5) is 0. The zero-order chi connectivity index (χ0) is 14.1. The van der Waals surface area contributed by atoms with Crippen molar-refractivity contribution < 1.29 is 0 Å². The van der Waals surface area contributed by atoms with E-state index in [1.165, 1.54) is 0 Å². The molecule has 1 heterocycles. The summed E-state index contributed by atoms with van der Waals surface area (Å²) in [5, 5.41) is 16.9. The molecule has 0 amide bonds. The van der Waals surface area contributed by atoms with Crippen molar-refractivity contribution in [2.45, 2.75) is 20.8 Å². The van der Waals surface area contributed by atoms with Crippen LogP contribution in [-0.2, 0) is 0 Å². The Hall–Kier alpha value is -2.49. The molecule has 3 rings (SSSR count). The molecule has 0 radical (unpaired) electrons. The lowest BCUT2D eigenvalue weighted by molar-refractivity contribution is 1.07. The number of H-pyrrole nitrogens is 1. The first-order valence-electron chi connectivity index (χ1n) is 6.58. The van der Waals surface area contributed by atoms with Gasteiger partial charge in [0, 0.05) is 5.39 Å². The van der Waals surface area contributed by atoms with E-state index in [0.717, 1.165) is 33.3 Å². The molecule has 0 saturated carbocycles. The molecular weight excluding hydrogens is 248 g/mol. The molecule has 1 aromatic heterocycles. The molecule has 20 heavy (non-hydrogen) atoms. The fourth-order valence-electron chi connectivity index (χ4n) is 2.31. The molecule has 100 valence electrons. The van der Waals surface area contributed by atoms with Crippen LogP contribution in [0.5, 0.6) is 0 Å². The molecule has 2 aromatic carbocycles. The Kier molecular flexibility index (Phi) is 3.06. The van der Waals surface area contributed by atoms with Crippen LogP contribution in [0.3, 0.4) is 0 Å². The number of hydrogen-bond donors (Lipinski definition) is 1. The molecule has 0 unspecified atom stereocenters. The maximum Gasteiger partial charge on any atom is 0.203 e. The standard InChI is InChI=1S/C16H16N4/c1-10-6-4-7-11(2)14(10)17-19-16-13-9-5-8-12(3)15(13)18-20-16/h4-9H,1-3H3,(H,18,20). The molecule has 1 N–H and O–H groups in total. The van der Waals surface area contributed by atoms with E-state index in [1.54, 1.807) is 0 Å². The van der Waals surface area contributed by atoms with E-state index in [1.807, 2.05) is 57.2 Å². The molecule has 0 fully saturated rings. The number of aryl methyl sites for hydroxylation is 3. The molecule has 0 bridgehead atoms. The van der Waals surface area contributed by atoms with Gasteiger partial charge in [0.2, 0.25) is 5.82 Å². The summed E-state index contributed by atoms with van der Waals surface area (Å²) < 4.78 is 0. The molecular formula is C16H16N4. The van der Waals surface area contributed by atoms with Crippen LogP contribution in [-0.4, -0.2) is 10.2 Å². The molecule has 0 atom stereocenters. The Balaban J connectivity index is 2.05. The van der Waals surface area contributed by atoms with Gasteiger partial charge < -0.3 is 0 Å². The number of hydrogen-bond acceptors (Lipinski definition) is 3. The minimum absolute atomic E-state index is 0.631. The highest BCUT2D eigenvalue weighted by Gasteiger charge is 2.06. The van der Waals surface area contributed by atoms with E-state index in [2.05, 4.69) is 20.4 Å². The summed E-state index contributed by atoms with van der Waals surface area (Å²) in [5.74, 6) is 0.631. The third kappa shape index (κ3) is 2.09. The van der Waals surface area contributed by atoms with Crippen LogP contribution >= 0.6 is 0 Å². The molecule has 0 aliphatic rings. The van der Waals surface area contributed by atoms with Crippen molar-refractivity contribution in [1.82, 2.24) is 10.2 Å². The highest BCUT2D eigenvalue weighted by atomic mass is 15.2. The number of para-hydroxylation sites is 1. The minimum atomic E-state index is 0.631. The van der Waals surface area contributed by atoms with E-state index >= 15 is 0 Å². The smallest absolute Gasteiger partial charge is 0.203 e. The minimum Gasteiger partial charge on any atom is -0.275 e. The second kappa shape index (κ2) is 4.89. The molecule has 0 aliphatic carbocycles. The summed E-state index contributed by atoms with van der Waals surface area (Å²) >= 11 is 0. The fourth-order valence-corrected chi connectivity index (χ4v) is 2.31. The van der Waals surface area contributed by atoms with Gasteiger partial charge in [-0.25, -0.2) is 0 Å². The van der Waals surface area contributed by atoms with Gasteiger partial charge in [0.1, 0.15) is 0 Å². The number of fused-ring (bicyclic) bond motifs is 1. The second-order valence-corrected chi connectivity index (χ2v) is 4.99. The first kappa shape index (κ1) is 12.5. The lowest BCUT2D eigenvalue weighted by atomic mass is 10.1. The van der Waals surface area contributed by atoms with Crippen LogP contribution in [0, 0.1) is 20.8 Å². The molecule has 0 aliphatic heterocycles. The largest absolute Gasteiger partial charge is 0.275 e. The summed E-state index contributed by atoms with van der Waals surface area (Å²) in [7, 11) is 0. The van der Waals surface area contributed by atoms with Gasteiger partial charge in [-0.05, 0) is 43.5 Å². The molecule has 0 spiro atoms. The zero-order valence-electron chi connectivity index (χ0n) is 11.8. The maximum absolute atomic E-state index is 4.37. The van der Waals surface area contributed by atoms with E-state index in [4.69, 9.17) is 0 Å². The Bertz CT molecular complexity index is 779. The number of nitrogens with one attached hydrogen (secondary N) is 1. The van der Waals surface area contributed by atoms with Crippen molar-refractivity contribution in [1.29, 1.82) is 0 Å². The highest BCUT2D eigenvalue weighted by Crippen LogP contribution is 2.29. The Morgan fingerprint density at radius 1 is 0.850 bits per heavy atom. The van der Waals surface area contributed by atoms with E-state index < -0.39 is 0 Å². The number of benzene rings is 2. The van der Waals surface area contributed by atoms with Crippen molar-refractivity contribution in [2.75, 3.05) is 0 Å². The van der Waals surface area contributed by atoms with Gasteiger partial charge in [-0.1, -0.05) is 30.3 Å². The van der Waals surface area contributed by atoms with Gasteiger partial charge >= 0.3 is 0 Å².